The summed E-state index contributed by atoms with van der Waals surface area (Å²) >= 11 is 0. The smallest absolute Gasteiger partial charge is 0.181 e. The van der Waals surface area contributed by atoms with Gasteiger partial charge in [0, 0.05) is 12.0 Å². The Morgan fingerprint density at radius 1 is 0.947 bits per heavy atom. The molecule has 2 saturated heterocycles. The third-order valence-electron chi connectivity index (χ3n) is 6.09. The van der Waals surface area contributed by atoms with Crippen molar-refractivity contribution in [3.05, 3.63) is 0 Å². The number of nitrogens with one attached hydrogen (secondary N) is 1. The number of epoxide rings is 2. The van der Waals surface area contributed by atoms with Gasteiger partial charge in [0.2, 0.25) is 0 Å². The van der Waals surface area contributed by atoms with E-state index in [9.17, 15) is 5.11 Å². The van der Waals surface area contributed by atoms with Crippen LogP contribution < -0.4 is 5.32 Å². The summed E-state index contributed by atoms with van der Waals surface area (Å²) in [7, 11) is 0. The van der Waals surface area contributed by atoms with Crippen LogP contribution in [0.2, 0.25) is 0 Å². The molecule has 0 aromatic rings. The molecule has 4 bridgehead atoms. The van der Waals surface area contributed by atoms with Gasteiger partial charge < -0.3 is 14.6 Å². The zero-order valence-electron chi connectivity index (χ0n) is 11.3. The molecule has 6 rings (SSSR count). The van der Waals surface area contributed by atoms with Crippen LogP contribution in [0, 0.1) is 17.8 Å². The second-order valence-corrected chi connectivity index (χ2v) is 7.74. The zero-order chi connectivity index (χ0) is 12.6. The van der Waals surface area contributed by atoms with Crippen LogP contribution >= 0.6 is 0 Å². The van der Waals surface area contributed by atoms with E-state index >= 15 is 0 Å². The average molecular weight is 265 g/mol. The lowest BCUT2D eigenvalue weighted by Crippen LogP contribution is -2.59. The molecule has 106 valence electrons. The van der Waals surface area contributed by atoms with Crippen LogP contribution in [0.4, 0.5) is 0 Å². The molecule has 4 nitrogen and oxygen atoms in total. The molecule has 2 heterocycles. The Bertz CT molecular complexity index is 364. The highest BCUT2D eigenvalue weighted by atomic mass is 16.7. The monoisotopic (exact) mass is 265 g/mol. The Kier molecular flexibility index (Phi) is 2.26. The number of aliphatic hydroxyl groups excluding tert-OH is 1. The maximum absolute atomic E-state index is 9.19. The minimum atomic E-state index is -0.524. The number of ether oxygens (including phenoxy) is 2. The van der Waals surface area contributed by atoms with Crippen LogP contribution in [0.25, 0.3) is 0 Å². The maximum atomic E-state index is 9.19. The van der Waals surface area contributed by atoms with E-state index in [1.54, 1.807) is 0 Å². The molecule has 6 fully saturated rings. The summed E-state index contributed by atoms with van der Waals surface area (Å²) in [4.78, 5) is 0. The van der Waals surface area contributed by atoms with E-state index in [0.29, 0.717) is 5.54 Å². The van der Waals surface area contributed by atoms with Crippen molar-refractivity contribution in [3.63, 3.8) is 0 Å². The highest BCUT2D eigenvalue weighted by Gasteiger charge is 2.55. The lowest BCUT2D eigenvalue weighted by atomic mass is 9.53. The van der Waals surface area contributed by atoms with E-state index < -0.39 is 6.29 Å². The molecule has 0 amide bonds. The summed E-state index contributed by atoms with van der Waals surface area (Å²) in [5.41, 5.74) is 0.386. The minimum Gasteiger partial charge on any atom is -0.366 e. The van der Waals surface area contributed by atoms with E-state index in [4.69, 9.17) is 9.47 Å². The van der Waals surface area contributed by atoms with Crippen molar-refractivity contribution in [2.24, 2.45) is 17.8 Å². The average Bonchev–Trinajstić information content (AvgIpc) is 3.19. The molecule has 4 saturated carbocycles. The van der Waals surface area contributed by atoms with Gasteiger partial charge in [-0.05, 0) is 56.3 Å². The molecule has 4 unspecified atom stereocenters. The Morgan fingerprint density at radius 2 is 1.53 bits per heavy atom. The van der Waals surface area contributed by atoms with Crippen molar-refractivity contribution in [2.45, 2.75) is 75.2 Å². The third kappa shape index (κ3) is 1.96. The third-order valence-corrected chi connectivity index (χ3v) is 6.09. The van der Waals surface area contributed by atoms with Gasteiger partial charge in [-0.2, -0.15) is 0 Å². The lowest BCUT2D eigenvalue weighted by Gasteiger charge is -2.57. The van der Waals surface area contributed by atoms with E-state index in [1.807, 2.05) is 0 Å². The second kappa shape index (κ2) is 3.73. The normalized spacial score (nSPS) is 61.4. The van der Waals surface area contributed by atoms with E-state index in [2.05, 4.69) is 5.32 Å². The molecule has 0 aromatic heterocycles. The quantitative estimate of drug-likeness (QED) is 0.754. The molecular formula is C15H23NO3. The van der Waals surface area contributed by atoms with Crippen LogP contribution in [0.15, 0.2) is 0 Å². The summed E-state index contributed by atoms with van der Waals surface area (Å²) in [6.07, 6.45) is 9.43. The molecule has 2 N–H and O–H groups in total. The summed E-state index contributed by atoms with van der Waals surface area (Å²) in [5.74, 6) is 2.93. The molecule has 0 radical (unpaired) electrons. The molecule has 2 aliphatic heterocycles. The van der Waals surface area contributed by atoms with Gasteiger partial charge in [-0.3, -0.25) is 5.32 Å². The van der Waals surface area contributed by atoms with Crippen molar-refractivity contribution >= 4 is 0 Å². The Balaban J connectivity index is 1.23. The molecular weight excluding hydrogens is 242 g/mol. The fourth-order valence-electron chi connectivity index (χ4n) is 5.57. The summed E-state index contributed by atoms with van der Waals surface area (Å²) in [6.45, 7) is 0. The van der Waals surface area contributed by atoms with Crippen LogP contribution in [-0.4, -0.2) is 35.4 Å². The van der Waals surface area contributed by atoms with Gasteiger partial charge in [0.05, 0.1) is 0 Å². The predicted octanol–water partition coefficient (Wildman–Crippen LogP) is 1.38. The highest BCUT2D eigenvalue weighted by molar-refractivity contribution is 5.08. The number of aliphatic hydroxyl groups is 1. The first-order valence-electron chi connectivity index (χ1n) is 7.96. The molecule has 4 heteroatoms. The van der Waals surface area contributed by atoms with E-state index in [1.165, 1.54) is 38.5 Å². The molecule has 4 atom stereocenters. The first-order valence-corrected chi connectivity index (χ1v) is 7.96. The van der Waals surface area contributed by atoms with Gasteiger partial charge in [0.1, 0.15) is 18.4 Å². The first-order chi connectivity index (χ1) is 9.19. The number of rotatable bonds is 4. The summed E-state index contributed by atoms with van der Waals surface area (Å²) < 4.78 is 10.8. The summed E-state index contributed by atoms with van der Waals surface area (Å²) in [5, 5.41) is 13.0. The van der Waals surface area contributed by atoms with Crippen molar-refractivity contribution in [1.29, 1.82) is 0 Å². The zero-order valence-corrected chi connectivity index (χ0v) is 11.3. The maximum Gasteiger partial charge on any atom is 0.181 e. The van der Waals surface area contributed by atoms with Gasteiger partial charge in [-0.25, -0.2) is 0 Å². The van der Waals surface area contributed by atoms with Crippen molar-refractivity contribution in [1.82, 2.24) is 5.32 Å². The van der Waals surface area contributed by atoms with Crippen LogP contribution in [0.1, 0.15) is 44.9 Å². The fraction of sp³-hybridized carbons (Fsp3) is 1.00. The Hall–Kier alpha value is -0.160. The van der Waals surface area contributed by atoms with E-state index in [0.717, 1.165) is 24.2 Å². The highest BCUT2D eigenvalue weighted by Crippen LogP contribution is 2.56. The molecule has 19 heavy (non-hydrogen) atoms. The number of hydrogen-bond donors (Lipinski definition) is 2. The van der Waals surface area contributed by atoms with Gasteiger partial charge in [0.15, 0.2) is 6.29 Å². The van der Waals surface area contributed by atoms with E-state index in [-0.39, 0.29) is 18.4 Å². The van der Waals surface area contributed by atoms with Crippen molar-refractivity contribution in [3.8, 4) is 0 Å². The molecule has 0 spiro atoms. The Morgan fingerprint density at radius 3 is 2.05 bits per heavy atom. The van der Waals surface area contributed by atoms with Crippen LogP contribution in [0.3, 0.4) is 0 Å². The molecule has 4 aliphatic carbocycles. The topological polar surface area (TPSA) is 57.3 Å². The first kappa shape index (κ1) is 11.5. The largest absolute Gasteiger partial charge is 0.366 e. The van der Waals surface area contributed by atoms with Crippen molar-refractivity contribution in [2.75, 3.05) is 0 Å². The van der Waals surface area contributed by atoms with Gasteiger partial charge >= 0.3 is 0 Å². The fourth-order valence-corrected chi connectivity index (χ4v) is 5.57. The molecule has 0 aromatic carbocycles. The van der Waals surface area contributed by atoms with Gasteiger partial charge in [-0.15, -0.1) is 0 Å². The second-order valence-electron chi connectivity index (χ2n) is 7.74. The van der Waals surface area contributed by atoms with Crippen LogP contribution in [0.5, 0.6) is 0 Å². The standard InChI is InChI=1S/C15H23NO3/c17-14-12(19-14)4-11-13(18-11)16-15-5-8-1-9(6-15)3-10(2-8)7-15/h8-14,16-17H,1-7H2. The Labute approximate surface area is 113 Å². The van der Waals surface area contributed by atoms with Gasteiger partial charge in [-0.1, -0.05) is 0 Å². The van der Waals surface area contributed by atoms with Crippen molar-refractivity contribution < 1.29 is 14.6 Å². The molecule has 6 aliphatic rings. The van der Waals surface area contributed by atoms with Gasteiger partial charge in [0.25, 0.3) is 0 Å². The predicted molar refractivity (Wildman–Crippen MR) is 68.2 cm³/mol. The van der Waals surface area contributed by atoms with Crippen LogP contribution in [-0.2, 0) is 9.47 Å². The SMILES string of the molecule is OC1OC1CC1OC1NC12CC3CC(CC(C3)C1)C2. The summed E-state index contributed by atoms with van der Waals surface area (Å²) in [6, 6.07) is 0. The minimum absolute atomic E-state index is 0.0353. The lowest BCUT2D eigenvalue weighted by molar-refractivity contribution is -0.0251. The number of hydrogen-bond acceptors (Lipinski definition) is 4.